The number of nitrogens with zero attached hydrogens (tertiary/aromatic N) is 1. The maximum atomic E-state index is 12.7. The summed E-state index contributed by atoms with van der Waals surface area (Å²) in [6, 6.07) is 9.23. The highest BCUT2D eigenvalue weighted by molar-refractivity contribution is 5.98. The largest absolute Gasteiger partial charge is 0.483 e. The summed E-state index contributed by atoms with van der Waals surface area (Å²) in [7, 11) is 0. The lowest BCUT2D eigenvalue weighted by molar-refractivity contribution is -0.137. The molecule has 0 saturated heterocycles. The number of rotatable bonds is 3. The zero-order chi connectivity index (χ0) is 21.2. The topological polar surface area (TPSA) is 85.9 Å². The third-order valence-corrected chi connectivity index (χ3v) is 4.01. The summed E-state index contributed by atoms with van der Waals surface area (Å²) in [5.74, 6) is 0.600. The number of carbonyl (C=O) groups excluding carboxylic acids is 1. The van der Waals surface area contributed by atoms with Crippen molar-refractivity contribution in [1.29, 1.82) is 0 Å². The number of amidine groups is 1. The van der Waals surface area contributed by atoms with Crippen molar-refractivity contribution >= 4 is 23.7 Å². The first kappa shape index (κ1) is 20.2. The van der Waals surface area contributed by atoms with Crippen molar-refractivity contribution < 1.29 is 27.5 Å². The van der Waals surface area contributed by atoms with Crippen molar-refractivity contribution in [3.63, 3.8) is 0 Å². The zero-order valence-corrected chi connectivity index (χ0v) is 15.6. The van der Waals surface area contributed by atoms with Crippen LogP contribution in [0.25, 0.3) is 6.08 Å². The Morgan fingerprint density at radius 1 is 1.21 bits per heavy atom. The number of halogens is 3. The number of amides is 1. The number of nitrogens with two attached hydrogens (primary N) is 1. The van der Waals surface area contributed by atoms with Gasteiger partial charge in [-0.3, -0.25) is 10.2 Å². The molecule has 0 unspecified atom stereocenters. The Kier molecular flexibility index (Phi) is 5.23. The van der Waals surface area contributed by atoms with Crippen LogP contribution in [-0.2, 0) is 11.0 Å². The number of carbonyl (C=O) groups is 1. The molecule has 0 spiro atoms. The standard InChI is InChI=1S/C20H18F3N3O3/c1-19(2)9-8-12-10-13(6-7-16(12)28-19)17(24)26-29-18(27)25-15-5-3-4-14(11-15)20(21,22)23/h3-11H,1-2H3,(H2,24,26)(H,25,27). The summed E-state index contributed by atoms with van der Waals surface area (Å²) >= 11 is 0. The van der Waals surface area contributed by atoms with E-state index in [1.165, 1.54) is 12.1 Å². The minimum Gasteiger partial charge on any atom is -0.483 e. The summed E-state index contributed by atoms with van der Waals surface area (Å²) in [5, 5.41) is 5.70. The van der Waals surface area contributed by atoms with E-state index in [0.29, 0.717) is 11.3 Å². The van der Waals surface area contributed by atoms with Gasteiger partial charge in [0.05, 0.1) is 5.56 Å². The molecule has 0 aliphatic carbocycles. The minimum atomic E-state index is -4.52. The van der Waals surface area contributed by atoms with E-state index in [1.54, 1.807) is 18.2 Å². The lowest BCUT2D eigenvalue weighted by Gasteiger charge is -2.27. The van der Waals surface area contributed by atoms with Crippen molar-refractivity contribution in [2.45, 2.75) is 25.6 Å². The zero-order valence-electron chi connectivity index (χ0n) is 15.6. The molecule has 29 heavy (non-hydrogen) atoms. The van der Waals surface area contributed by atoms with Gasteiger partial charge in [0.15, 0.2) is 5.84 Å². The van der Waals surface area contributed by atoms with E-state index in [1.807, 2.05) is 26.0 Å². The van der Waals surface area contributed by atoms with Gasteiger partial charge in [0.2, 0.25) is 0 Å². The van der Waals surface area contributed by atoms with Crippen LogP contribution < -0.4 is 15.8 Å². The van der Waals surface area contributed by atoms with E-state index >= 15 is 0 Å². The Balaban J connectivity index is 1.67. The summed E-state index contributed by atoms with van der Waals surface area (Å²) < 4.78 is 43.9. The van der Waals surface area contributed by atoms with E-state index in [9.17, 15) is 18.0 Å². The van der Waals surface area contributed by atoms with Crippen LogP contribution in [0.3, 0.4) is 0 Å². The number of hydrogen-bond acceptors (Lipinski definition) is 4. The SMILES string of the molecule is CC1(C)C=Cc2cc(/C(N)=N/OC(=O)Nc3cccc(C(F)(F)F)c3)ccc2O1. The van der Waals surface area contributed by atoms with E-state index in [4.69, 9.17) is 10.5 Å². The van der Waals surface area contributed by atoms with Crippen LogP contribution in [0.5, 0.6) is 5.75 Å². The predicted molar refractivity (Wildman–Crippen MR) is 102 cm³/mol. The molecule has 2 aromatic carbocycles. The number of oxime groups is 1. The van der Waals surface area contributed by atoms with Gasteiger partial charge in [-0.25, -0.2) is 4.79 Å². The van der Waals surface area contributed by atoms with E-state index in [0.717, 1.165) is 17.7 Å². The van der Waals surface area contributed by atoms with Gasteiger partial charge >= 0.3 is 12.3 Å². The average Bonchev–Trinajstić information content (AvgIpc) is 2.64. The summed E-state index contributed by atoms with van der Waals surface area (Å²) in [5.41, 5.74) is 5.71. The molecule has 0 fully saturated rings. The first-order chi connectivity index (χ1) is 13.5. The Morgan fingerprint density at radius 3 is 2.69 bits per heavy atom. The molecule has 0 aromatic heterocycles. The molecule has 1 aliphatic rings. The van der Waals surface area contributed by atoms with Crippen molar-refractivity contribution in [1.82, 2.24) is 0 Å². The van der Waals surface area contributed by atoms with Crippen LogP contribution in [-0.4, -0.2) is 17.5 Å². The maximum absolute atomic E-state index is 12.7. The average molecular weight is 405 g/mol. The summed E-state index contributed by atoms with van der Waals surface area (Å²) in [4.78, 5) is 16.5. The first-order valence-corrected chi connectivity index (χ1v) is 8.55. The van der Waals surface area contributed by atoms with Crippen LogP contribution in [0, 0.1) is 0 Å². The molecule has 1 heterocycles. The minimum absolute atomic E-state index is 0.0785. The predicted octanol–water partition coefficient (Wildman–Crippen LogP) is 4.76. The highest BCUT2D eigenvalue weighted by Gasteiger charge is 2.30. The molecular formula is C20H18F3N3O3. The molecule has 3 rings (SSSR count). The van der Waals surface area contributed by atoms with E-state index in [-0.39, 0.29) is 11.5 Å². The molecule has 1 aliphatic heterocycles. The maximum Gasteiger partial charge on any atom is 0.437 e. The number of fused-ring (bicyclic) bond motifs is 1. The number of hydrogen-bond donors (Lipinski definition) is 2. The molecule has 1 amide bonds. The fraction of sp³-hybridized carbons (Fsp3) is 0.200. The Morgan fingerprint density at radius 2 is 1.97 bits per heavy atom. The molecule has 2 aromatic rings. The molecule has 152 valence electrons. The molecule has 0 radical (unpaired) electrons. The van der Waals surface area contributed by atoms with Crippen molar-refractivity contribution in [3.8, 4) is 5.75 Å². The normalized spacial score (nSPS) is 15.3. The molecule has 0 bridgehead atoms. The lowest BCUT2D eigenvalue weighted by atomic mass is 10.0. The van der Waals surface area contributed by atoms with E-state index in [2.05, 4.69) is 15.3 Å². The van der Waals surface area contributed by atoms with Gasteiger partial charge in [0.25, 0.3) is 0 Å². The molecule has 0 saturated carbocycles. The van der Waals surface area contributed by atoms with E-state index < -0.39 is 23.4 Å². The first-order valence-electron chi connectivity index (χ1n) is 8.55. The highest BCUT2D eigenvalue weighted by Crippen LogP contribution is 2.32. The molecule has 9 heteroatoms. The van der Waals surface area contributed by atoms with Gasteiger partial charge in [0, 0.05) is 16.8 Å². The van der Waals surface area contributed by atoms with Gasteiger partial charge in [-0.05, 0) is 56.3 Å². The third-order valence-electron chi connectivity index (χ3n) is 4.01. The number of benzene rings is 2. The summed E-state index contributed by atoms with van der Waals surface area (Å²) in [6.45, 7) is 3.85. The second-order valence-corrected chi connectivity index (χ2v) is 6.85. The number of anilines is 1. The van der Waals surface area contributed by atoms with Crippen LogP contribution in [0.15, 0.2) is 53.7 Å². The van der Waals surface area contributed by atoms with Gasteiger partial charge in [-0.1, -0.05) is 17.3 Å². The van der Waals surface area contributed by atoms with Crippen LogP contribution >= 0.6 is 0 Å². The highest BCUT2D eigenvalue weighted by atomic mass is 19.4. The number of ether oxygens (including phenoxy) is 1. The Hall–Kier alpha value is -3.49. The van der Waals surface area contributed by atoms with Crippen molar-refractivity contribution in [3.05, 3.63) is 65.2 Å². The summed E-state index contributed by atoms with van der Waals surface area (Å²) in [6.07, 6.45) is -1.82. The fourth-order valence-corrected chi connectivity index (χ4v) is 2.60. The van der Waals surface area contributed by atoms with Gasteiger partial charge < -0.3 is 10.5 Å². The van der Waals surface area contributed by atoms with Gasteiger partial charge in [-0.15, -0.1) is 0 Å². The number of alkyl halides is 3. The van der Waals surface area contributed by atoms with Crippen LogP contribution in [0.4, 0.5) is 23.7 Å². The molecular weight excluding hydrogens is 387 g/mol. The van der Waals surface area contributed by atoms with Gasteiger partial charge in [-0.2, -0.15) is 13.2 Å². The Labute approximate surface area is 164 Å². The second-order valence-electron chi connectivity index (χ2n) is 6.85. The molecule has 6 nitrogen and oxygen atoms in total. The smallest absolute Gasteiger partial charge is 0.437 e. The number of nitrogens with one attached hydrogen (secondary N) is 1. The van der Waals surface area contributed by atoms with Crippen LogP contribution in [0.2, 0.25) is 0 Å². The van der Waals surface area contributed by atoms with Crippen molar-refractivity contribution in [2.24, 2.45) is 10.9 Å². The lowest BCUT2D eigenvalue weighted by Crippen LogP contribution is -2.27. The van der Waals surface area contributed by atoms with Gasteiger partial charge in [0.1, 0.15) is 11.4 Å². The Bertz CT molecular complexity index is 998. The fourth-order valence-electron chi connectivity index (χ4n) is 2.60. The molecule has 0 atom stereocenters. The third kappa shape index (κ3) is 5.07. The quantitative estimate of drug-likeness (QED) is 0.334. The monoisotopic (exact) mass is 405 g/mol. The molecule has 3 N–H and O–H groups in total. The van der Waals surface area contributed by atoms with Crippen LogP contribution in [0.1, 0.15) is 30.5 Å². The second kappa shape index (κ2) is 7.50. The van der Waals surface area contributed by atoms with Crippen molar-refractivity contribution in [2.75, 3.05) is 5.32 Å².